The van der Waals surface area contributed by atoms with Crippen molar-refractivity contribution in [2.75, 3.05) is 29.5 Å². The molecule has 0 bridgehead atoms. The Kier molecular flexibility index (Phi) is 7.57. The fourth-order valence-electron chi connectivity index (χ4n) is 6.27. The minimum absolute atomic E-state index is 0.0168. The highest BCUT2D eigenvalue weighted by molar-refractivity contribution is 7.91. The first kappa shape index (κ1) is 29.4. The molecule has 3 fully saturated rings. The largest absolute Gasteiger partial charge is 0.439 e. The number of ketones is 1. The summed E-state index contributed by atoms with van der Waals surface area (Å²) >= 11 is 0. The molecule has 1 aromatic carbocycles. The Balaban J connectivity index is 1.40. The Hall–Kier alpha value is -3.72. The van der Waals surface area contributed by atoms with Crippen molar-refractivity contribution in [3.8, 4) is 28.9 Å². The van der Waals surface area contributed by atoms with Crippen LogP contribution in [0, 0.1) is 22.7 Å². The van der Waals surface area contributed by atoms with Crippen molar-refractivity contribution in [1.82, 2.24) is 9.97 Å². The molecule has 0 amide bonds. The van der Waals surface area contributed by atoms with Crippen LogP contribution in [0.2, 0.25) is 0 Å². The van der Waals surface area contributed by atoms with E-state index in [9.17, 15) is 31.6 Å². The maximum atomic E-state index is 13.9. The molecule has 0 N–H and O–H groups in total. The maximum absolute atomic E-state index is 13.9. The van der Waals surface area contributed by atoms with Gasteiger partial charge < -0.3 is 9.32 Å². The molecule has 43 heavy (non-hydrogen) atoms. The van der Waals surface area contributed by atoms with Crippen LogP contribution in [0.15, 0.2) is 47.0 Å². The van der Waals surface area contributed by atoms with E-state index < -0.39 is 44.5 Å². The minimum atomic E-state index is -4.68. The van der Waals surface area contributed by atoms with Crippen LogP contribution in [0.25, 0.3) is 22.8 Å². The zero-order valence-electron chi connectivity index (χ0n) is 23.4. The van der Waals surface area contributed by atoms with Gasteiger partial charge in [0.1, 0.15) is 22.9 Å². The van der Waals surface area contributed by atoms with E-state index in [1.807, 2.05) is 17.0 Å². The Morgan fingerprint density at radius 2 is 1.77 bits per heavy atom. The number of carbonyl (C=O) groups excluding carboxylic acids is 1. The molecule has 12 heteroatoms. The lowest BCUT2D eigenvalue weighted by Crippen LogP contribution is -2.40. The minimum Gasteiger partial charge on any atom is -0.439 e. The van der Waals surface area contributed by atoms with Crippen molar-refractivity contribution in [2.24, 2.45) is 11.3 Å². The summed E-state index contributed by atoms with van der Waals surface area (Å²) in [6, 6.07) is 11.7. The number of aromatic nitrogens is 2. The SMILES string of the molecule is N#CC1(CC(=O)[C@@H]2CCCC[C@H]2c2oc(-c3ncccc3C(F)(F)F)nc2-c2ccc(N3CCS(=O)(=O)CC3)cc2)CC1. The summed E-state index contributed by atoms with van der Waals surface area (Å²) < 4.78 is 71.7. The molecule has 0 unspecified atom stereocenters. The lowest BCUT2D eigenvalue weighted by molar-refractivity contribution is -0.137. The first-order valence-electron chi connectivity index (χ1n) is 14.5. The Morgan fingerprint density at radius 3 is 2.42 bits per heavy atom. The molecular formula is C31H31F3N4O4S. The quantitative estimate of drug-likeness (QED) is 0.310. The standard InChI is InChI=1S/C31H31F3N4O4S/c32-31(33,34)24-6-3-13-36-27(24)29-37-26(20-7-9-21(10-8-20)38-14-16-43(40,41)17-15-38)28(42-29)23-5-2-1-4-22(23)25(39)18-30(19-35)11-12-30/h3,6-10,13,22-23H,1-2,4-5,11-12,14-18H2/t22-,23-/m1/s1. The van der Waals surface area contributed by atoms with E-state index in [1.54, 1.807) is 12.1 Å². The molecule has 0 radical (unpaired) electrons. The van der Waals surface area contributed by atoms with Crippen LogP contribution in [-0.2, 0) is 20.8 Å². The summed E-state index contributed by atoms with van der Waals surface area (Å²) in [5.41, 5.74) is -0.208. The van der Waals surface area contributed by atoms with Gasteiger partial charge >= 0.3 is 6.18 Å². The first-order chi connectivity index (χ1) is 20.5. The third-order valence-corrected chi connectivity index (χ3v) is 10.5. The summed E-state index contributed by atoms with van der Waals surface area (Å²) in [6.45, 7) is 0.744. The molecule has 2 saturated carbocycles. The molecule has 0 spiro atoms. The fourth-order valence-corrected chi connectivity index (χ4v) is 7.47. The van der Waals surface area contributed by atoms with Gasteiger partial charge in [0.05, 0.1) is 28.6 Å². The number of carbonyl (C=O) groups is 1. The number of Topliss-reactive ketones (excluding diaryl/α,β-unsaturated/α-hetero) is 1. The number of nitrogens with zero attached hydrogens (tertiary/aromatic N) is 4. The topological polar surface area (TPSA) is 117 Å². The lowest BCUT2D eigenvalue weighted by Gasteiger charge is -2.30. The molecule has 226 valence electrons. The van der Waals surface area contributed by atoms with Gasteiger partial charge in [0, 0.05) is 48.8 Å². The summed E-state index contributed by atoms with van der Waals surface area (Å²) in [5.74, 6) is -0.627. The second-order valence-electron chi connectivity index (χ2n) is 11.8. The number of hydrogen-bond acceptors (Lipinski definition) is 8. The van der Waals surface area contributed by atoms with Gasteiger partial charge in [-0.1, -0.05) is 25.0 Å². The molecule has 2 aromatic heterocycles. The van der Waals surface area contributed by atoms with Gasteiger partial charge in [-0.05, 0) is 49.9 Å². The molecule has 2 atom stereocenters. The number of anilines is 1. The average molecular weight is 613 g/mol. The van der Waals surface area contributed by atoms with Gasteiger partial charge in [0.25, 0.3) is 0 Å². The number of hydrogen-bond donors (Lipinski definition) is 0. The molecule has 3 heterocycles. The number of halogens is 3. The van der Waals surface area contributed by atoms with Crippen LogP contribution in [0.1, 0.15) is 62.2 Å². The molecule has 3 aliphatic rings. The first-order valence-corrected chi connectivity index (χ1v) is 16.3. The van der Waals surface area contributed by atoms with E-state index in [-0.39, 0.29) is 29.6 Å². The molecular weight excluding hydrogens is 581 g/mol. The Bertz CT molecular complexity index is 1660. The van der Waals surface area contributed by atoms with E-state index in [4.69, 9.17) is 4.42 Å². The fraction of sp³-hybridized carbons (Fsp3) is 0.484. The third-order valence-electron chi connectivity index (χ3n) is 8.94. The summed E-state index contributed by atoms with van der Waals surface area (Å²) in [4.78, 5) is 24.1. The third kappa shape index (κ3) is 6.05. The van der Waals surface area contributed by atoms with E-state index >= 15 is 0 Å². The lowest BCUT2D eigenvalue weighted by atomic mass is 9.73. The van der Waals surface area contributed by atoms with Crippen LogP contribution in [-0.4, -0.2) is 48.8 Å². The number of benzene rings is 1. The summed E-state index contributed by atoms with van der Waals surface area (Å²) in [6.07, 6.45) is 0.996. The average Bonchev–Trinajstić information content (AvgIpc) is 3.63. The zero-order chi connectivity index (χ0) is 30.4. The zero-order valence-corrected chi connectivity index (χ0v) is 24.3. The number of nitriles is 1. The van der Waals surface area contributed by atoms with Crippen molar-refractivity contribution in [2.45, 2.75) is 57.0 Å². The predicted molar refractivity (Wildman–Crippen MR) is 153 cm³/mol. The maximum Gasteiger partial charge on any atom is 0.418 e. The number of rotatable bonds is 7. The second kappa shape index (κ2) is 11.1. The number of sulfone groups is 1. The Labute approximate surface area is 247 Å². The van der Waals surface area contributed by atoms with Gasteiger partial charge in [0.15, 0.2) is 9.84 Å². The van der Waals surface area contributed by atoms with Crippen molar-refractivity contribution in [1.29, 1.82) is 5.26 Å². The van der Waals surface area contributed by atoms with E-state index in [0.717, 1.165) is 24.6 Å². The summed E-state index contributed by atoms with van der Waals surface area (Å²) in [7, 11) is -3.05. The van der Waals surface area contributed by atoms with Crippen molar-refractivity contribution >= 4 is 21.3 Å². The van der Waals surface area contributed by atoms with Gasteiger partial charge in [-0.25, -0.2) is 13.4 Å². The van der Waals surface area contributed by atoms with Crippen molar-refractivity contribution < 1.29 is 30.8 Å². The van der Waals surface area contributed by atoms with Crippen molar-refractivity contribution in [3.05, 3.63) is 53.9 Å². The van der Waals surface area contributed by atoms with E-state index in [0.29, 0.717) is 55.8 Å². The molecule has 2 aliphatic carbocycles. The predicted octanol–water partition coefficient (Wildman–Crippen LogP) is 6.19. The van der Waals surface area contributed by atoms with Gasteiger partial charge in [0.2, 0.25) is 5.89 Å². The molecule has 6 rings (SSSR count). The normalized spacial score (nSPS) is 23.0. The smallest absolute Gasteiger partial charge is 0.418 e. The van der Waals surface area contributed by atoms with Crippen LogP contribution < -0.4 is 4.90 Å². The highest BCUT2D eigenvalue weighted by Gasteiger charge is 2.47. The van der Waals surface area contributed by atoms with Crippen LogP contribution in [0.3, 0.4) is 0 Å². The summed E-state index contributed by atoms with van der Waals surface area (Å²) in [5, 5.41) is 9.58. The number of alkyl halides is 3. The highest BCUT2D eigenvalue weighted by atomic mass is 32.2. The van der Waals surface area contributed by atoms with Crippen LogP contribution in [0.5, 0.6) is 0 Å². The van der Waals surface area contributed by atoms with Crippen LogP contribution >= 0.6 is 0 Å². The van der Waals surface area contributed by atoms with Gasteiger partial charge in [-0.3, -0.25) is 9.78 Å². The monoisotopic (exact) mass is 612 g/mol. The molecule has 8 nitrogen and oxygen atoms in total. The number of pyridine rings is 1. The molecule has 1 saturated heterocycles. The second-order valence-corrected chi connectivity index (χ2v) is 14.2. The van der Waals surface area contributed by atoms with Crippen LogP contribution in [0.4, 0.5) is 18.9 Å². The van der Waals surface area contributed by atoms with E-state index in [2.05, 4.69) is 16.0 Å². The van der Waals surface area contributed by atoms with Gasteiger partial charge in [-0.15, -0.1) is 0 Å². The molecule has 3 aromatic rings. The highest BCUT2D eigenvalue weighted by Crippen LogP contribution is 2.51. The van der Waals surface area contributed by atoms with E-state index in [1.165, 1.54) is 12.3 Å². The Morgan fingerprint density at radius 1 is 1.07 bits per heavy atom. The van der Waals surface area contributed by atoms with Gasteiger partial charge in [-0.2, -0.15) is 18.4 Å². The number of oxazole rings is 1. The van der Waals surface area contributed by atoms with Crippen molar-refractivity contribution in [3.63, 3.8) is 0 Å². The molecule has 1 aliphatic heterocycles.